The number of nitrogens with zero attached hydrogens (tertiary/aromatic N) is 2. The summed E-state index contributed by atoms with van der Waals surface area (Å²) in [5, 5.41) is 2.91. The number of nitrogen functional groups attached to an aromatic ring is 1. The van der Waals surface area contributed by atoms with Crippen molar-refractivity contribution in [3.8, 4) is 0 Å². The first-order valence-electron chi connectivity index (χ1n) is 4.89. The summed E-state index contributed by atoms with van der Waals surface area (Å²) >= 11 is 1.57. The van der Waals surface area contributed by atoms with E-state index in [-0.39, 0.29) is 11.8 Å². The van der Waals surface area contributed by atoms with E-state index in [9.17, 15) is 4.39 Å². The zero-order valence-corrected chi connectivity index (χ0v) is 9.96. The molecule has 17 heavy (non-hydrogen) atoms. The average molecular weight is 250 g/mol. The topological polar surface area (TPSA) is 63.8 Å². The number of aromatic nitrogens is 2. The summed E-state index contributed by atoms with van der Waals surface area (Å²) in [7, 11) is 0. The van der Waals surface area contributed by atoms with Crippen LogP contribution in [0.5, 0.6) is 0 Å². The highest BCUT2D eigenvalue weighted by Crippen LogP contribution is 2.27. The summed E-state index contributed by atoms with van der Waals surface area (Å²) in [6.45, 7) is 0. The van der Waals surface area contributed by atoms with Crippen molar-refractivity contribution in [2.24, 2.45) is 0 Å². The number of para-hydroxylation sites is 1. The van der Waals surface area contributed by atoms with Crippen molar-refractivity contribution in [2.45, 2.75) is 4.90 Å². The van der Waals surface area contributed by atoms with E-state index in [0.29, 0.717) is 0 Å². The fourth-order valence-electron chi connectivity index (χ4n) is 1.34. The van der Waals surface area contributed by atoms with E-state index in [1.54, 1.807) is 11.8 Å². The average Bonchev–Trinajstić information content (AvgIpc) is 2.34. The van der Waals surface area contributed by atoms with Crippen LogP contribution < -0.4 is 11.1 Å². The van der Waals surface area contributed by atoms with E-state index in [0.717, 1.165) is 16.8 Å². The zero-order chi connectivity index (χ0) is 12.3. The maximum Gasteiger partial charge on any atom is 0.222 e. The zero-order valence-electron chi connectivity index (χ0n) is 9.14. The summed E-state index contributed by atoms with van der Waals surface area (Å²) in [5.74, 6) is -0.412. The van der Waals surface area contributed by atoms with Gasteiger partial charge in [-0.3, -0.25) is 0 Å². The minimum absolute atomic E-state index is 0.0375. The van der Waals surface area contributed by atoms with E-state index >= 15 is 0 Å². The fourth-order valence-corrected chi connectivity index (χ4v) is 1.90. The van der Waals surface area contributed by atoms with Crippen LogP contribution in [0.1, 0.15) is 0 Å². The molecule has 0 unspecified atom stereocenters. The van der Waals surface area contributed by atoms with Crippen LogP contribution in [0.2, 0.25) is 0 Å². The molecule has 0 aliphatic carbocycles. The number of anilines is 3. The highest BCUT2D eigenvalue weighted by atomic mass is 32.2. The van der Waals surface area contributed by atoms with Gasteiger partial charge in [0.25, 0.3) is 0 Å². The van der Waals surface area contributed by atoms with Crippen LogP contribution >= 0.6 is 11.8 Å². The second kappa shape index (κ2) is 5.01. The van der Waals surface area contributed by atoms with Gasteiger partial charge >= 0.3 is 0 Å². The molecule has 3 N–H and O–H groups in total. The Morgan fingerprint density at radius 1 is 1.35 bits per heavy atom. The molecule has 2 rings (SSSR count). The number of nitrogens with two attached hydrogens (primary N) is 1. The lowest BCUT2D eigenvalue weighted by Gasteiger charge is -2.10. The molecule has 0 spiro atoms. The number of benzene rings is 1. The second-order valence-corrected chi connectivity index (χ2v) is 4.10. The van der Waals surface area contributed by atoms with Gasteiger partial charge in [-0.2, -0.15) is 4.98 Å². The first kappa shape index (κ1) is 11.7. The minimum Gasteiger partial charge on any atom is -0.368 e. The second-order valence-electron chi connectivity index (χ2n) is 3.25. The Bertz CT molecular complexity index is 533. The summed E-state index contributed by atoms with van der Waals surface area (Å²) in [4.78, 5) is 8.39. The van der Waals surface area contributed by atoms with Crippen LogP contribution in [-0.4, -0.2) is 16.2 Å². The van der Waals surface area contributed by atoms with Crippen molar-refractivity contribution >= 4 is 29.2 Å². The third kappa shape index (κ3) is 2.65. The van der Waals surface area contributed by atoms with Crippen molar-refractivity contribution in [1.82, 2.24) is 9.97 Å². The molecule has 0 aliphatic heterocycles. The van der Waals surface area contributed by atoms with Crippen molar-refractivity contribution < 1.29 is 4.39 Å². The Labute approximate surface area is 102 Å². The molecule has 1 heterocycles. The van der Waals surface area contributed by atoms with Crippen molar-refractivity contribution in [1.29, 1.82) is 0 Å². The molecule has 0 saturated carbocycles. The highest BCUT2D eigenvalue weighted by Gasteiger charge is 2.07. The first-order valence-corrected chi connectivity index (χ1v) is 6.11. The van der Waals surface area contributed by atoms with Crippen LogP contribution in [0.3, 0.4) is 0 Å². The smallest absolute Gasteiger partial charge is 0.222 e. The van der Waals surface area contributed by atoms with Crippen molar-refractivity contribution in [3.63, 3.8) is 0 Å². The number of halogens is 1. The summed E-state index contributed by atoms with van der Waals surface area (Å²) in [5.41, 5.74) is 6.21. The molecule has 1 aromatic heterocycles. The first-order chi connectivity index (χ1) is 8.20. The summed E-state index contributed by atoms with van der Waals surface area (Å²) < 4.78 is 13.4. The van der Waals surface area contributed by atoms with E-state index < -0.39 is 5.82 Å². The van der Waals surface area contributed by atoms with Crippen molar-refractivity contribution in [2.75, 3.05) is 17.3 Å². The molecule has 88 valence electrons. The molecular formula is C11H11FN4S. The molecule has 0 aliphatic rings. The van der Waals surface area contributed by atoms with Crippen LogP contribution in [0, 0.1) is 5.82 Å². The predicted octanol–water partition coefficient (Wildman–Crippen LogP) is 2.66. The Hall–Kier alpha value is -1.82. The monoisotopic (exact) mass is 250 g/mol. The van der Waals surface area contributed by atoms with Gasteiger partial charge in [0.15, 0.2) is 11.6 Å². The molecule has 0 saturated heterocycles. The molecule has 4 nitrogen and oxygen atoms in total. The predicted molar refractivity (Wildman–Crippen MR) is 67.9 cm³/mol. The summed E-state index contributed by atoms with van der Waals surface area (Å²) in [6, 6.07) is 7.57. The number of thioether (sulfide) groups is 1. The molecule has 0 bridgehead atoms. The Kier molecular flexibility index (Phi) is 3.43. The van der Waals surface area contributed by atoms with Gasteiger partial charge in [-0.15, -0.1) is 11.8 Å². The standard InChI is InChI=1S/C11H11FN4S/c1-17-9-5-3-2-4-8(9)15-10-7(12)6-14-11(13)16-10/h2-6H,1H3,(H3,13,14,15,16). The number of rotatable bonds is 3. The van der Waals surface area contributed by atoms with Crippen molar-refractivity contribution in [3.05, 3.63) is 36.3 Å². The number of hydrogen-bond acceptors (Lipinski definition) is 5. The maximum atomic E-state index is 13.4. The molecule has 1 aromatic carbocycles. The van der Waals surface area contributed by atoms with E-state index in [4.69, 9.17) is 5.73 Å². The lowest BCUT2D eigenvalue weighted by Crippen LogP contribution is -2.03. The molecule has 0 amide bonds. The normalized spacial score (nSPS) is 10.2. The van der Waals surface area contributed by atoms with Crippen LogP contribution in [0.25, 0.3) is 0 Å². The van der Waals surface area contributed by atoms with Crippen LogP contribution in [0.15, 0.2) is 35.4 Å². The van der Waals surface area contributed by atoms with Gasteiger partial charge in [-0.1, -0.05) is 12.1 Å². The maximum absolute atomic E-state index is 13.4. The SMILES string of the molecule is CSc1ccccc1Nc1nc(N)ncc1F. The van der Waals surface area contributed by atoms with E-state index in [1.165, 1.54) is 0 Å². The number of nitrogens with one attached hydrogen (secondary N) is 1. The summed E-state index contributed by atoms with van der Waals surface area (Å²) in [6.07, 6.45) is 3.00. The number of hydrogen-bond donors (Lipinski definition) is 2. The fraction of sp³-hybridized carbons (Fsp3) is 0.0909. The van der Waals surface area contributed by atoms with Crippen LogP contribution in [-0.2, 0) is 0 Å². The molecule has 2 aromatic rings. The molecule has 6 heteroatoms. The van der Waals surface area contributed by atoms with Gasteiger partial charge in [0.05, 0.1) is 11.9 Å². The minimum atomic E-state index is -0.532. The van der Waals surface area contributed by atoms with Crippen LogP contribution in [0.4, 0.5) is 21.8 Å². The molecular weight excluding hydrogens is 239 g/mol. The lowest BCUT2D eigenvalue weighted by atomic mass is 10.3. The third-order valence-corrected chi connectivity index (χ3v) is 2.92. The van der Waals surface area contributed by atoms with Gasteiger partial charge in [0.2, 0.25) is 5.95 Å². The lowest BCUT2D eigenvalue weighted by molar-refractivity contribution is 0.619. The Morgan fingerprint density at radius 2 is 2.12 bits per heavy atom. The molecule has 0 fully saturated rings. The van der Waals surface area contributed by atoms with Gasteiger partial charge < -0.3 is 11.1 Å². The molecule has 0 radical (unpaired) electrons. The largest absolute Gasteiger partial charge is 0.368 e. The highest BCUT2D eigenvalue weighted by molar-refractivity contribution is 7.98. The Morgan fingerprint density at radius 3 is 2.88 bits per heavy atom. The van der Waals surface area contributed by atoms with Gasteiger partial charge in [-0.05, 0) is 18.4 Å². The quantitative estimate of drug-likeness (QED) is 0.820. The van der Waals surface area contributed by atoms with E-state index in [1.807, 2.05) is 30.5 Å². The van der Waals surface area contributed by atoms with E-state index in [2.05, 4.69) is 15.3 Å². The van der Waals surface area contributed by atoms with Gasteiger partial charge in [0.1, 0.15) is 0 Å². The molecule has 0 atom stereocenters. The van der Waals surface area contributed by atoms with Gasteiger partial charge in [0, 0.05) is 4.90 Å². The third-order valence-electron chi connectivity index (χ3n) is 2.12. The Balaban J connectivity index is 2.34. The van der Waals surface area contributed by atoms with Gasteiger partial charge in [-0.25, -0.2) is 9.37 Å².